The number of ketones is 1. The predicted molar refractivity (Wildman–Crippen MR) is 261 cm³/mol. The van der Waals surface area contributed by atoms with E-state index in [0.717, 1.165) is 89.0 Å². The molecule has 0 saturated heterocycles. The second kappa shape index (κ2) is 16.0. The van der Waals surface area contributed by atoms with E-state index in [1.807, 2.05) is 0 Å². The van der Waals surface area contributed by atoms with Crippen molar-refractivity contribution in [2.45, 2.75) is 5.41 Å². The third-order valence-corrected chi connectivity index (χ3v) is 12.7. The van der Waals surface area contributed by atoms with E-state index < -0.39 is 5.41 Å². The number of benzene rings is 10. The highest BCUT2D eigenvalue weighted by Gasteiger charge is 2.46. The van der Waals surface area contributed by atoms with E-state index in [0.29, 0.717) is 11.1 Å². The lowest BCUT2D eigenvalue weighted by Crippen LogP contribution is -2.38. The van der Waals surface area contributed by atoms with E-state index in [1.54, 1.807) is 0 Å². The molecule has 0 heterocycles. The van der Waals surface area contributed by atoms with Crippen LogP contribution in [0.5, 0.6) is 0 Å². The van der Waals surface area contributed by atoms with E-state index in [2.05, 4.69) is 255 Å². The van der Waals surface area contributed by atoms with E-state index in [1.165, 1.54) is 0 Å². The van der Waals surface area contributed by atoms with Crippen molar-refractivity contribution < 1.29 is 4.79 Å². The summed E-state index contributed by atoms with van der Waals surface area (Å²) in [7, 11) is 0. The smallest absolute Gasteiger partial charge is 0.193 e. The van der Waals surface area contributed by atoms with Gasteiger partial charge in [0.15, 0.2) is 5.78 Å². The summed E-state index contributed by atoms with van der Waals surface area (Å²) in [5.41, 5.74) is 18.0. The van der Waals surface area contributed by atoms with Crippen LogP contribution in [0.2, 0.25) is 0 Å². The summed E-state index contributed by atoms with van der Waals surface area (Å²) in [5.74, 6) is 0.0242. The number of fused-ring (bicyclic) bond motifs is 2. The third-order valence-electron chi connectivity index (χ3n) is 12.7. The maximum atomic E-state index is 15.6. The average molecular weight is 803 g/mol. The molecule has 1 heteroatoms. The fourth-order valence-electron chi connectivity index (χ4n) is 9.71. The third kappa shape index (κ3) is 6.81. The van der Waals surface area contributed by atoms with Crippen molar-refractivity contribution in [2.75, 3.05) is 0 Å². The first-order chi connectivity index (χ1) is 31.1. The van der Waals surface area contributed by atoms with Gasteiger partial charge in [-0.1, -0.05) is 206 Å². The maximum Gasteiger partial charge on any atom is 0.193 e. The quantitative estimate of drug-likeness (QED) is 0.150. The van der Waals surface area contributed by atoms with Gasteiger partial charge in [-0.05, 0) is 138 Å². The number of carbonyl (C=O) groups is 1. The minimum Gasteiger partial charge on any atom is -0.289 e. The molecule has 0 aliphatic heterocycles. The van der Waals surface area contributed by atoms with Crippen LogP contribution in [0, 0.1) is 0 Å². The second-order valence-electron chi connectivity index (χ2n) is 16.4. The van der Waals surface area contributed by atoms with Crippen molar-refractivity contribution in [1.29, 1.82) is 0 Å². The van der Waals surface area contributed by atoms with Crippen LogP contribution in [0.15, 0.2) is 255 Å². The molecule has 0 bridgehead atoms. The fraction of sp³-hybridized carbons (Fsp3) is 0.0161. The largest absolute Gasteiger partial charge is 0.289 e. The normalized spacial score (nSPS) is 12.6. The molecule has 0 radical (unpaired) electrons. The standard InChI is InChI=1S/C62H42O/c63-61-57-41-47(53-37-49(43-19-7-1-8-20-43)35-50(38-53)44-21-9-2-10-22-44)31-33-59(57)62(55-27-15-5-16-28-55,56-29-17-6-18-30-56)60-34-32-48(42-58(60)61)54-39-51(45-23-11-3-12-24-45)36-52(40-54)46-25-13-4-14-26-46/h1-42H. The van der Waals surface area contributed by atoms with Gasteiger partial charge in [0.2, 0.25) is 0 Å². The van der Waals surface area contributed by atoms with Gasteiger partial charge in [0.05, 0.1) is 5.41 Å². The number of rotatable bonds is 8. The molecule has 0 N–H and O–H groups in total. The Balaban J connectivity index is 1.15. The Labute approximate surface area is 369 Å². The van der Waals surface area contributed by atoms with Crippen molar-refractivity contribution in [3.8, 4) is 66.8 Å². The van der Waals surface area contributed by atoms with Crippen molar-refractivity contribution in [3.63, 3.8) is 0 Å². The number of hydrogen-bond donors (Lipinski definition) is 0. The maximum absolute atomic E-state index is 15.6. The lowest BCUT2D eigenvalue weighted by molar-refractivity contribution is 0.103. The minimum absolute atomic E-state index is 0.0242. The molecule has 0 saturated carbocycles. The first kappa shape index (κ1) is 37.8. The SMILES string of the molecule is O=C1c2cc(-c3cc(-c4ccccc4)cc(-c4ccccc4)c3)ccc2C(c2ccccc2)(c2ccccc2)c2ccc(-c3cc(-c4ccccc4)cc(-c4ccccc4)c3)cc21. The molecule has 1 aliphatic carbocycles. The second-order valence-corrected chi connectivity index (χ2v) is 16.4. The van der Waals surface area contributed by atoms with Crippen molar-refractivity contribution in [3.05, 3.63) is 288 Å². The highest BCUT2D eigenvalue weighted by molar-refractivity contribution is 6.15. The zero-order valence-corrected chi connectivity index (χ0v) is 34.7. The van der Waals surface area contributed by atoms with Crippen LogP contribution < -0.4 is 0 Å². The lowest BCUT2D eigenvalue weighted by atomic mass is 9.59. The zero-order chi connectivity index (χ0) is 42.2. The van der Waals surface area contributed by atoms with Crippen molar-refractivity contribution >= 4 is 5.78 Å². The molecule has 0 aromatic heterocycles. The van der Waals surface area contributed by atoms with Gasteiger partial charge in [0.25, 0.3) is 0 Å². The van der Waals surface area contributed by atoms with E-state index in [9.17, 15) is 0 Å². The Bertz CT molecular complexity index is 2910. The molecule has 63 heavy (non-hydrogen) atoms. The van der Waals surface area contributed by atoms with Crippen molar-refractivity contribution in [2.24, 2.45) is 0 Å². The number of hydrogen-bond acceptors (Lipinski definition) is 1. The minimum atomic E-state index is -0.764. The Morgan fingerprint density at radius 2 is 0.476 bits per heavy atom. The van der Waals surface area contributed by atoms with Crippen LogP contribution in [0.1, 0.15) is 38.2 Å². The van der Waals surface area contributed by atoms with Crippen LogP contribution in [0.25, 0.3) is 66.8 Å². The Hall–Kier alpha value is -8.13. The van der Waals surface area contributed by atoms with Crippen LogP contribution in [-0.2, 0) is 5.41 Å². The monoisotopic (exact) mass is 802 g/mol. The summed E-state index contributed by atoms with van der Waals surface area (Å²) in [6, 6.07) is 90.3. The molecule has 0 fully saturated rings. The number of carbonyl (C=O) groups excluding carboxylic acids is 1. The van der Waals surface area contributed by atoms with Crippen molar-refractivity contribution in [1.82, 2.24) is 0 Å². The molecule has 296 valence electrons. The summed E-state index contributed by atoms with van der Waals surface area (Å²) >= 11 is 0. The summed E-state index contributed by atoms with van der Waals surface area (Å²) < 4.78 is 0. The van der Waals surface area contributed by atoms with Gasteiger partial charge in [-0.2, -0.15) is 0 Å². The van der Waals surface area contributed by atoms with Gasteiger partial charge < -0.3 is 0 Å². The summed E-state index contributed by atoms with van der Waals surface area (Å²) in [5, 5.41) is 0. The Morgan fingerprint density at radius 3 is 0.762 bits per heavy atom. The van der Waals surface area contributed by atoms with Gasteiger partial charge in [-0.3, -0.25) is 4.79 Å². The molecule has 0 amide bonds. The molecular formula is C62H42O. The van der Waals surface area contributed by atoms with Gasteiger partial charge >= 0.3 is 0 Å². The molecule has 10 aromatic carbocycles. The molecule has 10 aromatic rings. The molecule has 1 aliphatic rings. The highest BCUT2D eigenvalue weighted by atomic mass is 16.1. The molecule has 0 unspecified atom stereocenters. The highest BCUT2D eigenvalue weighted by Crippen LogP contribution is 2.52. The first-order valence-corrected chi connectivity index (χ1v) is 21.6. The van der Waals surface area contributed by atoms with Gasteiger partial charge in [0.1, 0.15) is 0 Å². The van der Waals surface area contributed by atoms with Gasteiger partial charge in [-0.25, -0.2) is 0 Å². The van der Waals surface area contributed by atoms with Crippen LogP contribution in [0.4, 0.5) is 0 Å². The molecule has 11 rings (SSSR count). The van der Waals surface area contributed by atoms with Crippen LogP contribution in [-0.4, -0.2) is 5.78 Å². The first-order valence-electron chi connectivity index (χ1n) is 21.6. The van der Waals surface area contributed by atoms with Gasteiger partial charge in [0, 0.05) is 11.1 Å². The summed E-state index contributed by atoms with van der Waals surface area (Å²) in [4.78, 5) is 15.6. The fourth-order valence-corrected chi connectivity index (χ4v) is 9.71. The lowest BCUT2D eigenvalue weighted by Gasteiger charge is -2.42. The van der Waals surface area contributed by atoms with Crippen LogP contribution >= 0.6 is 0 Å². The summed E-state index contributed by atoms with van der Waals surface area (Å²) in [6.07, 6.45) is 0. The Morgan fingerprint density at radius 1 is 0.222 bits per heavy atom. The average Bonchev–Trinajstić information content (AvgIpc) is 3.38. The van der Waals surface area contributed by atoms with Crippen LogP contribution in [0.3, 0.4) is 0 Å². The van der Waals surface area contributed by atoms with E-state index in [4.69, 9.17) is 0 Å². The summed E-state index contributed by atoms with van der Waals surface area (Å²) in [6.45, 7) is 0. The molecule has 0 spiro atoms. The van der Waals surface area contributed by atoms with E-state index >= 15 is 4.79 Å². The van der Waals surface area contributed by atoms with Gasteiger partial charge in [-0.15, -0.1) is 0 Å². The predicted octanol–water partition coefficient (Wildman–Crippen LogP) is 15.6. The van der Waals surface area contributed by atoms with E-state index in [-0.39, 0.29) is 5.78 Å². The topological polar surface area (TPSA) is 17.1 Å². The molecule has 1 nitrogen and oxygen atoms in total. The molecular weight excluding hydrogens is 761 g/mol. The molecule has 0 atom stereocenters. The Kier molecular flexibility index (Phi) is 9.64. The zero-order valence-electron chi connectivity index (χ0n) is 34.7.